The zero-order chi connectivity index (χ0) is 10.7. The lowest BCUT2D eigenvalue weighted by Gasteiger charge is -2.18. The predicted octanol–water partition coefficient (Wildman–Crippen LogP) is 1.09. The molecule has 15 heavy (non-hydrogen) atoms. The van der Waals surface area contributed by atoms with Crippen LogP contribution in [0.2, 0.25) is 0 Å². The zero-order valence-electron chi connectivity index (χ0n) is 9.02. The monoisotopic (exact) mass is 207 g/mol. The fraction of sp³-hybridized carbons (Fsp3) is 0.500. The van der Waals surface area contributed by atoms with Gasteiger partial charge in [-0.1, -0.05) is 18.2 Å². The summed E-state index contributed by atoms with van der Waals surface area (Å²) in [5, 5.41) is 8.83. The molecule has 1 aliphatic rings. The molecule has 3 nitrogen and oxygen atoms in total. The first-order valence-corrected chi connectivity index (χ1v) is 5.32. The molecule has 1 heterocycles. The van der Waals surface area contributed by atoms with E-state index in [9.17, 15) is 0 Å². The lowest BCUT2D eigenvalue weighted by atomic mass is 10.0. The molecule has 0 fully saturated rings. The Hall–Kier alpha value is -1.06. The smallest absolute Gasteiger partial charge is 0.122 e. The van der Waals surface area contributed by atoms with Gasteiger partial charge in [0.2, 0.25) is 0 Å². The molecule has 0 saturated carbocycles. The SMILES string of the molecule is CN(CCO)CC1COc2ccccc21. The van der Waals surface area contributed by atoms with E-state index in [-0.39, 0.29) is 6.61 Å². The molecule has 1 unspecified atom stereocenters. The molecule has 2 rings (SSSR count). The Morgan fingerprint density at radius 1 is 1.47 bits per heavy atom. The van der Waals surface area contributed by atoms with E-state index in [2.05, 4.69) is 11.0 Å². The number of aliphatic hydroxyl groups is 1. The van der Waals surface area contributed by atoms with E-state index in [1.54, 1.807) is 0 Å². The van der Waals surface area contributed by atoms with Crippen LogP contribution in [0.25, 0.3) is 0 Å². The molecule has 1 N–H and O–H groups in total. The second kappa shape index (κ2) is 4.64. The van der Waals surface area contributed by atoms with Crippen LogP contribution < -0.4 is 4.74 Å². The van der Waals surface area contributed by atoms with Crippen molar-refractivity contribution in [3.8, 4) is 5.75 Å². The molecule has 0 spiro atoms. The quantitative estimate of drug-likeness (QED) is 0.802. The van der Waals surface area contributed by atoms with Crippen LogP contribution in [-0.2, 0) is 0 Å². The van der Waals surface area contributed by atoms with Gasteiger partial charge in [-0.25, -0.2) is 0 Å². The summed E-state index contributed by atoms with van der Waals surface area (Å²) in [6, 6.07) is 8.19. The average molecular weight is 207 g/mol. The number of likely N-dealkylation sites (N-methyl/N-ethyl adjacent to an activating group) is 1. The molecular formula is C12H17NO2. The van der Waals surface area contributed by atoms with Gasteiger partial charge in [0, 0.05) is 24.6 Å². The van der Waals surface area contributed by atoms with Crippen molar-refractivity contribution in [2.45, 2.75) is 5.92 Å². The van der Waals surface area contributed by atoms with Gasteiger partial charge in [0.05, 0.1) is 13.2 Å². The van der Waals surface area contributed by atoms with Crippen LogP contribution >= 0.6 is 0 Å². The molecule has 1 atom stereocenters. The third kappa shape index (κ3) is 2.30. The van der Waals surface area contributed by atoms with Crippen molar-refractivity contribution in [1.82, 2.24) is 4.90 Å². The standard InChI is InChI=1S/C12H17NO2/c1-13(6-7-14)8-10-9-15-12-5-3-2-4-11(10)12/h2-5,10,14H,6-9H2,1H3. The fourth-order valence-electron chi connectivity index (χ4n) is 2.02. The van der Waals surface area contributed by atoms with Crippen molar-refractivity contribution in [3.05, 3.63) is 29.8 Å². The molecule has 0 saturated heterocycles. The van der Waals surface area contributed by atoms with Gasteiger partial charge in [-0.15, -0.1) is 0 Å². The first-order valence-electron chi connectivity index (χ1n) is 5.32. The van der Waals surface area contributed by atoms with Crippen LogP contribution in [-0.4, -0.2) is 43.4 Å². The minimum absolute atomic E-state index is 0.214. The van der Waals surface area contributed by atoms with Crippen molar-refractivity contribution >= 4 is 0 Å². The van der Waals surface area contributed by atoms with Gasteiger partial charge < -0.3 is 14.7 Å². The zero-order valence-corrected chi connectivity index (χ0v) is 9.02. The molecule has 1 aromatic carbocycles. The summed E-state index contributed by atoms with van der Waals surface area (Å²) in [5.74, 6) is 1.46. The molecule has 0 aliphatic carbocycles. The van der Waals surface area contributed by atoms with Gasteiger partial charge in [-0.05, 0) is 13.1 Å². The minimum Gasteiger partial charge on any atom is -0.493 e. The Bertz CT molecular complexity index is 327. The number of rotatable bonds is 4. The molecule has 0 amide bonds. The highest BCUT2D eigenvalue weighted by atomic mass is 16.5. The van der Waals surface area contributed by atoms with E-state index in [4.69, 9.17) is 9.84 Å². The first kappa shape index (κ1) is 10.5. The maximum atomic E-state index is 8.83. The summed E-state index contributed by atoms with van der Waals surface area (Å²) < 4.78 is 5.60. The van der Waals surface area contributed by atoms with Crippen molar-refractivity contribution in [2.24, 2.45) is 0 Å². The maximum Gasteiger partial charge on any atom is 0.122 e. The highest BCUT2D eigenvalue weighted by Crippen LogP contribution is 2.33. The van der Waals surface area contributed by atoms with E-state index in [0.717, 1.165) is 25.4 Å². The first-order chi connectivity index (χ1) is 7.31. The summed E-state index contributed by atoms with van der Waals surface area (Å²) in [4.78, 5) is 2.14. The molecule has 1 aromatic rings. The number of benzene rings is 1. The van der Waals surface area contributed by atoms with Gasteiger partial charge in [-0.3, -0.25) is 0 Å². The number of hydrogen-bond acceptors (Lipinski definition) is 3. The number of para-hydroxylation sites is 1. The van der Waals surface area contributed by atoms with E-state index >= 15 is 0 Å². The van der Waals surface area contributed by atoms with Crippen molar-refractivity contribution in [2.75, 3.05) is 33.4 Å². The van der Waals surface area contributed by atoms with Crippen molar-refractivity contribution in [3.63, 3.8) is 0 Å². The maximum absolute atomic E-state index is 8.83. The van der Waals surface area contributed by atoms with Crippen LogP contribution in [0, 0.1) is 0 Å². The summed E-state index contributed by atoms with van der Waals surface area (Å²) >= 11 is 0. The van der Waals surface area contributed by atoms with E-state index in [1.165, 1.54) is 5.56 Å². The molecule has 0 aromatic heterocycles. The van der Waals surface area contributed by atoms with Crippen LogP contribution in [0.15, 0.2) is 24.3 Å². The Morgan fingerprint density at radius 2 is 2.27 bits per heavy atom. The fourth-order valence-corrected chi connectivity index (χ4v) is 2.02. The van der Waals surface area contributed by atoms with Crippen LogP contribution in [0.1, 0.15) is 11.5 Å². The summed E-state index contributed by atoms with van der Waals surface area (Å²) in [5.41, 5.74) is 1.29. The minimum atomic E-state index is 0.214. The van der Waals surface area contributed by atoms with Crippen molar-refractivity contribution < 1.29 is 9.84 Å². The van der Waals surface area contributed by atoms with Crippen molar-refractivity contribution in [1.29, 1.82) is 0 Å². The van der Waals surface area contributed by atoms with Gasteiger partial charge in [0.1, 0.15) is 5.75 Å². The molecule has 0 radical (unpaired) electrons. The normalized spacial score (nSPS) is 19.0. The summed E-state index contributed by atoms with van der Waals surface area (Å²) in [6.45, 7) is 2.64. The lowest BCUT2D eigenvalue weighted by Crippen LogP contribution is -2.28. The number of aliphatic hydroxyl groups excluding tert-OH is 1. The van der Waals surface area contributed by atoms with E-state index < -0.39 is 0 Å². The largest absolute Gasteiger partial charge is 0.493 e. The van der Waals surface area contributed by atoms with E-state index in [0.29, 0.717) is 5.92 Å². The highest BCUT2D eigenvalue weighted by molar-refractivity contribution is 5.39. The third-order valence-electron chi connectivity index (χ3n) is 2.81. The predicted molar refractivity (Wildman–Crippen MR) is 59.3 cm³/mol. The van der Waals surface area contributed by atoms with E-state index in [1.807, 2.05) is 25.2 Å². The Kier molecular flexibility index (Phi) is 3.23. The second-order valence-corrected chi connectivity index (χ2v) is 4.03. The van der Waals surface area contributed by atoms with Gasteiger partial charge >= 0.3 is 0 Å². The second-order valence-electron chi connectivity index (χ2n) is 4.03. The number of nitrogens with zero attached hydrogens (tertiary/aromatic N) is 1. The molecule has 1 aliphatic heterocycles. The highest BCUT2D eigenvalue weighted by Gasteiger charge is 2.24. The third-order valence-corrected chi connectivity index (χ3v) is 2.81. The van der Waals surface area contributed by atoms with Gasteiger partial charge in [0.25, 0.3) is 0 Å². The average Bonchev–Trinajstić information content (AvgIpc) is 2.62. The van der Waals surface area contributed by atoms with Crippen LogP contribution in [0.3, 0.4) is 0 Å². The topological polar surface area (TPSA) is 32.7 Å². The summed E-state index contributed by atoms with van der Waals surface area (Å²) in [7, 11) is 2.02. The summed E-state index contributed by atoms with van der Waals surface area (Å²) in [6.07, 6.45) is 0. The Balaban J connectivity index is 2.01. The van der Waals surface area contributed by atoms with Crippen LogP contribution in [0.4, 0.5) is 0 Å². The number of hydrogen-bond donors (Lipinski definition) is 1. The number of fused-ring (bicyclic) bond motifs is 1. The van der Waals surface area contributed by atoms with Gasteiger partial charge in [0.15, 0.2) is 0 Å². The lowest BCUT2D eigenvalue weighted by molar-refractivity contribution is 0.205. The van der Waals surface area contributed by atoms with Gasteiger partial charge in [-0.2, -0.15) is 0 Å². The molecular weight excluding hydrogens is 190 g/mol. The molecule has 82 valence electrons. The number of ether oxygens (including phenoxy) is 1. The molecule has 3 heteroatoms. The Morgan fingerprint density at radius 3 is 3.07 bits per heavy atom. The Labute approximate surface area is 90.3 Å². The molecule has 0 bridgehead atoms. The van der Waals surface area contributed by atoms with Crippen LogP contribution in [0.5, 0.6) is 5.75 Å².